The highest BCUT2D eigenvalue weighted by Gasteiger charge is 2.41. The van der Waals surface area contributed by atoms with Gasteiger partial charge in [-0.1, -0.05) is 29.3 Å². The molecule has 2 nitrogen and oxygen atoms in total. The van der Waals surface area contributed by atoms with Crippen LogP contribution in [0.4, 0.5) is 0 Å². The number of ether oxygens (including phenoxy) is 2. The van der Waals surface area contributed by atoms with Gasteiger partial charge in [0.2, 0.25) is 0 Å². The standard InChI is InChI=1S/C9H17BrO2/c1-4-5-8-11-7(6-10)9(2,3)12-8/h7-8H,4-6H2,1-3H3. The summed E-state index contributed by atoms with van der Waals surface area (Å²) in [6.45, 7) is 6.30. The largest absolute Gasteiger partial charge is 0.346 e. The number of hydrogen-bond acceptors (Lipinski definition) is 2. The first-order valence-electron chi connectivity index (χ1n) is 4.49. The fraction of sp³-hybridized carbons (Fsp3) is 1.00. The molecule has 0 aromatic rings. The molecule has 0 amide bonds. The summed E-state index contributed by atoms with van der Waals surface area (Å²) in [5, 5.41) is 0.847. The summed E-state index contributed by atoms with van der Waals surface area (Å²) in [6.07, 6.45) is 2.30. The Bertz CT molecular complexity index is 147. The van der Waals surface area contributed by atoms with Crippen molar-refractivity contribution in [2.24, 2.45) is 0 Å². The maximum atomic E-state index is 5.74. The van der Waals surface area contributed by atoms with Crippen LogP contribution in [-0.4, -0.2) is 23.3 Å². The minimum absolute atomic E-state index is 0.00699. The quantitative estimate of drug-likeness (QED) is 0.702. The van der Waals surface area contributed by atoms with Gasteiger partial charge in [0.15, 0.2) is 6.29 Å². The number of alkyl halides is 1. The molecule has 72 valence electrons. The predicted octanol–water partition coefficient (Wildman–Crippen LogP) is 2.70. The second-order valence-electron chi connectivity index (χ2n) is 3.72. The Balaban J connectivity index is 2.48. The Morgan fingerprint density at radius 3 is 2.50 bits per heavy atom. The normalized spacial score (nSPS) is 34.0. The lowest BCUT2D eigenvalue weighted by Crippen LogP contribution is -2.33. The zero-order chi connectivity index (χ0) is 9.19. The van der Waals surface area contributed by atoms with E-state index in [1.54, 1.807) is 0 Å². The minimum atomic E-state index is -0.136. The van der Waals surface area contributed by atoms with E-state index in [2.05, 4.69) is 36.7 Å². The van der Waals surface area contributed by atoms with Gasteiger partial charge in [-0.05, 0) is 20.3 Å². The molecule has 1 fully saturated rings. The third-order valence-electron chi connectivity index (χ3n) is 2.19. The van der Waals surface area contributed by atoms with E-state index in [9.17, 15) is 0 Å². The molecule has 1 rings (SSSR count). The second-order valence-corrected chi connectivity index (χ2v) is 4.37. The van der Waals surface area contributed by atoms with E-state index >= 15 is 0 Å². The Labute approximate surface area is 82.7 Å². The summed E-state index contributed by atoms with van der Waals surface area (Å²) >= 11 is 3.43. The highest BCUT2D eigenvalue weighted by molar-refractivity contribution is 9.09. The van der Waals surface area contributed by atoms with Gasteiger partial charge in [0, 0.05) is 5.33 Å². The summed E-state index contributed by atoms with van der Waals surface area (Å²) in [4.78, 5) is 0. The van der Waals surface area contributed by atoms with Crippen molar-refractivity contribution in [3.63, 3.8) is 0 Å². The maximum absolute atomic E-state index is 5.74. The second kappa shape index (κ2) is 4.07. The SMILES string of the molecule is CCCC1OC(CBr)C(C)(C)O1. The van der Waals surface area contributed by atoms with Crippen molar-refractivity contribution in [2.45, 2.75) is 51.6 Å². The molecular formula is C9H17BrO2. The van der Waals surface area contributed by atoms with E-state index < -0.39 is 0 Å². The molecule has 0 N–H and O–H groups in total. The fourth-order valence-corrected chi connectivity index (χ4v) is 2.31. The molecule has 0 aliphatic carbocycles. The molecule has 0 saturated carbocycles. The van der Waals surface area contributed by atoms with Gasteiger partial charge in [-0.3, -0.25) is 0 Å². The first-order chi connectivity index (χ1) is 5.60. The maximum Gasteiger partial charge on any atom is 0.158 e. The molecule has 0 aromatic heterocycles. The van der Waals surface area contributed by atoms with Crippen LogP contribution in [0.3, 0.4) is 0 Å². The summed E-state index contributed by atoms with van der Waals surface area (Å²) in [6, 6.07) is 0. The topological polar surface area (TPSA) is 18.5 Å². The molecule has 12 heavy (non-hydrogen) atoms. The van der Waals surface area contributed by atoms with Gasteiger partial charge in [0.05, 0.1) is 11.7 Å². The molecule has 1 heterocycles. The van der Waals surface area contributed by atoms with Crippen LogP contribution in [-0.2, 0) is 9.47 Å². The van der Waals surface area contributed by atoms with E-state index in [-0.39, 0.29) is 18.0 Å². The average molecular weight is 237 g/mol. The van der Waals surface area contributed by atoms with Gasteiger partial charge >= 0.3 is 0 Å². The Morgan fingerprint density at radius 2 is 2.08 bits per heavy atom. The molecule has 3 heteroatoms. The summed E-state index contributed by atoms with van der Waals surface area (Å²) in [5.74, 6) is 0. The summed E-state index contributed by atoms with van der Waals surface area (Å²) in [7, 11) is 0. The molecule has 1 aliphatic heterocycles. The molecule has 2 atom stereocenters. The van der Waals surface area contributed by atoms with Gasteiger partial charge in [-0.25, -0.2) is 0 Å². The van der Waals surface area contributed by atoms with Crippen LogP contribution in [0.2, 0.25) is 0 Å². The van der Waals surface area contributed by atoms with Crippen molar-refractivity contribution >= 4 is 15.9 Å². The molecule has 0 radical (unpaired) electrons. The number of rotatable bonds is 3. The lowest BCUT2D eigenvalue weighted by molar-refractivity contribution is -0.0840. The Kier molecular flexibility index (Phi) is 3.56. The van der Waals surface area contributed by atoms with E-state index in [4.69, 9.17) is 9.47 Å². The molecule has 2 unspecified atom stereocenters. The molecule has 0 aromatic carbocycles. The zero-order valence-electron chi connectivity index (χ0n) is 7.97. The first kappa shape index (κ1) is 10.5. The van der Waals surface area contributed by atoms with Gasteiger partial charge in [-0.2, -0.15) is 0 Å². The van der Waals surface area contributed by atoms with E-state index in [1.807, 2.05) is 0 Å². The van der Waals surface area contributed by atoms with Gasteiger partial charge < -0.3 is 9.47 Å². The Morgan fingerprint density at radius 1 is 1.42 bits per heavy atom. The summed E-state index contributed by atoms with van der Waals surface area (Å²) in [5.41, 5.74) is -0.136. The van der Waals surface area contributed by atoms with Crippen LogP contribution in [0.25, 0.3) is 0 Å². The molecule has 1 saturated heterocycles. The number of hydrogen-bond donors (Lipinski definition) is 0. The third-order valence-corrected chi connectivity index (χ3v) is 2.78. The van der Waals surface area contributed by atoms with Crippen molar-refractivity contribution in [1.29, 1.82) is 0 Å². The average Bonchev–Trinajstić information content (AvgIpc) is 2.25. The first-order valence-corrected chi connectivity index (χ1v) is 5.61. The van der Waals surface area contributed by atoms with Crippen LogP contribution in [0.5, 0.6) is 0 Å². The predicted molar refractivity (Wildman–Crippen MR) is 52.5 cm³/mol. The van der Waals surface area contributed by atoms with Crippen molar-refractivity contribution in [2.75, 3.05) is 5.33 Å². The summed E-state index contributed by atoms with van der Waals surface area (Å²) < 4.78 is 11.4. The highest BCUT2D eigenvalue weighted by Crippen LogP contribution is 2.31. The van der Waals surface area contributed by atoms with Crippen molar-refractivity contribution in [1.82, 2.24) is 0 Å². The molecule has 0 bridgehead atoms. The van der Waals surface area contributed by atoms with E-state index in [0.29, 0.717) is 0 Å². The number of halogens is 1. The monoisotopic (exact) mass is 236 g/mol. The van der Waals surface area contributed by atoms with Crippen molar-refractivity contribution < 1.29 is 9.47 Å². The zero-order valence-corrected chi connectivity index (χ0v) is 9.56. The van der Waals surface area contributed by atoms with Crippen LogP contribution < -0.4 is 0 Å². The Hall–Kier alpha value is 0.400. The van der Waals surface area contributed by atoms with Gasteiger partial charge in [0.25, 0.3) is 0 Å². The highest BCUT2D eigenvalue weighted by atomic mass is 79.9. The van der Waals surface area contributed by atoms with Crippen LogP contribution in [0.1, 0.15) is 33.6 Å². The van der Waals surface area contributed by atoms with Gasteiger partial charge in [0.1, 0.15) is 0 Å². The molecule has 1 aliphatic rings. The third kappa shape index (κ3) is 2.21. The van der Waals surface area contributed by atoms with E-state index in [1.165, 1.54) is 0 Å². The fourth-order valence-electron chi connectivity index (χ4n) is 1.37. The van der Waals surface area contributed by atoms with Crippen molar-refractivity contribution in [3.8, 4) is 0 Å². The molecule has 0 spiro atoms. The van der Waals surface area contributed by atoms with Crippen LogP contribution >= 0.6 is 15.9 Å². The van der Waals surface area contributed by atoms with Crippen LogP contribution in [0.15, 0.2) is 0 Å². The smallest absolute Gasteiger partial charge is 0.158 e. The van der Waals surface area contributed by atoms with Gasteiger partial charge in [-0.15, -0.1) is 0 Å². The van der Waals surface area contributed by atoms with Crippen molar-refractivity contribution in [3.05, 3.63) is 0 Å². The minimum Gasteiger partial charge on any atom is -0.346 e. The lowest BCUT2D eigenvalue weighted by atomic mass is 10.0. The van der Waals surface area contributed by atoms with E-state index in [0.717, 1.165) is 18.2 Å². The van der Waals surface area contributed by atoms with Crippen LogP contribution in [0, 0.1) is 0 Å². The lowest BCUT2D eigenvalue weighted by Gasteiger charge is -2.21. The molecular weight excluding hydrogens is 220 g/mol.